The Morgan fingerprint density at radius 2 is 1.00 bits per heavy atom. The third kappa shape index (κ3) is 15.0. The average molecular weight is 723 g/mol. The molecular weight excluding hydrogens is 685 g/mol. The van der Waals surface area contributed by atoms with Crippen molar-refractivity contribution in [3.05, 3.63) is 25.3 Å². The van der Waals surface area contributed by atoms with Gasteiger partial charge in [0.25, 0.3) is 0 Å². The minimum Gasteiger partial charge on any atom is -0.457 e. The number of carbonyl (C=O) groups excluding carboxylic acids is 2. The molecule has 222 valence electrons. The summed E-state index contributed by atoms with van der Waals surface area (Å²) >= 11 is 19.9. The van der Waals surface area contributed by atoms with Crippen molar-refractivity contribution in [3.8, 4) is 0 Å². The fraction of sp³-hybridized carbons (Fsp3) is 0.760. The Kier molecular flexibility index (Phi) is 19.6. The molecule has 3 saturated heterocycles. The van der Waals surface area contributed by atoms with Crippen molar-refractivity contribution in [2.24, 2.45) is 0 Å². The van der Waals surface area contributed by atoms with Gasteiger partial charge in [-0.05, 0) is 0 Å². The zero-order valence-electron chi connectivity index (χ0n) is 21.9. The van der Waals surface area contributed by atoms with Crippen LogP contribution in [-0.4, -0.2) is 118 Å². The molecule has 4 nitrogen and oxygen atoms in total. The van der Waals surface area contributed by atoms with E-state index in [4.69, 9.17) is 9.47 Å². The van der Waals surface area contributed by atoms with Gasteiger partial charge in [-0.25, -0.2) is 9.59 Å². The molecule has 0 radical (unpaired) electrons. The van der Waals surface area contributed by atoms with Crippen LogP contribution in [0.15, 0.2) is 25.3 Å². The maximum Gasteiger partial charge on any atom is 0.330 e. The van der Waals surface area contributed by atoms with E-state index in [-0.39, 0.29) is 24.1 Å². The van der Waals surface area contributed by atoms with Gasteiger partial charge in [0.15, 0.2) is 0 Å². The zero-order chi connectivity index (χ0) is 27.7. The van der Waals surface area contributed by atoms with Gasteiger partial charge in [-0.2, -0.15) is 47.0 Å². The van der Waals surface area contributed by atoms with E-state index in [9.17, 15) is 9.59 Å². The Bertz CT molecular complexity index is 688. The SMILES string of the molecule is C=CC(=O)OC(CSCC1SCCS1)CSCC1SCSC1CSCC(CSCC1SCCS1)OC(=O)C=C. The van der Waals surface area contributed by atoms with Crippen molar-refractivity contribution in [3.63, 3.8) is 0 Å². The zero-order valence-corrected chi connectivity index (χ0v) is 30.1. The molecule has 0 amide bonds. The Balaban J connectivity index is 1.36. The second kappa shape index (κ2) is 21.6. The summed E-state index contributed by atoms with van der Waals surface area (Å²) in [7, 11) is 0. The van der Waals surface area contributed by atoms with Gasteiger partial charge in [0, 0.05) is 96.8 Å². The lowest BCUT2D eigenvalue weighted by molar-refractivity contribution is -0.141. The molecule has 0 aromatic heterocycles. The molecule has 4 unspecified atom stereocenters. The Morgan fingerprint density at radius 3 is 1.36 bits per heavy atom. The van der Waals surface area contributed by atoms with Crippen LogP contribution in [-0.2, 0) is 19.1 Å². The van der Waals surface area contributed by atoms with Crippen LogP contribution in [0.4, 0.5) is 0 Å². The first-order valence-electron chi connectivity index (χ1n) is 12.7. The normalized spacial score (nSPS) is 23.5. The molecule has 3 aliphatic heterocycles. The minimum absolute atomic E-state index is 0.0763. The van der Waals surface area contributed by atoms with Gasteiger partial charge in [-0.15, -0.1) is 70.6 Å². The molecule has 39 heavy (non-hydrogen) atoms. The molecule has 0 aromatic carbocycles. The maximum atomic E-state index is 11.9. The number of rotatable bonds is 20. The summed E-state index contributed by atoms with van der Waals surface area (Å²) in [5, 5.41) is 2.30. The first kappa shape index (κ1) is 35.4. The monoisotopic (exact) mass is 722 g/mol. The Labute approximate surface area is 277 Å². The molecule has 0 N–H and O–H groups in total. The van der Waals surface area contributed by atoms with E-state index < -0.39 is 0 Å². The number of hydrogen-bond acceptors (Lipinski definition) is 14. The second-order valence-electron chi connectivity index (χ2n) is 8.55. The summed E-state index contributed by atoms with van der Waals surface area (Å²) in [5.74, 6) is 12.0. The quantitative estimate of drug-likeness (QED) is 0.0968. The van der Waals surface area contributed by atoms with Crippen molar-refractivity contribution in [1.29, 1.82) is 0 Å². The van der Waals surface area contributed by atoms with Crippen LogP contribution < -0.4 is 0 Å². The summed E-state index contributed by atoms with van der Waals surface area (Å²) in [4.78, 5) is 23.8. The van der Waals surface area contributed by atoms with Crippen LogP contribution >= 0.6 is 118 Å². The summed E-state index contributed by atoms with van der Waals surface area (Å²) < 4.78 is 12.7. The molecule has 3 aliphatic rings. The fourth-order valence-corrected chi connectivity index (χ4v) is 19.2. The highest BCUT2D eigenvalue weighted by molar-refractivity contribution is 8.22. The summed E-state index contributed by atoms with van der Waals surface area (Å²) in [6.07, 6.45) is 2.39. The highest BCUT2D eigenvalue weighted by atomic mass is 32.2. The first-order valence-corrected chi connectivity index (χ1v) is 23.6. The lowest BCUT2D eigenvalue weighted by Gasteiger charge is -2.21. The molecule has 0 bridgehead atoms. The van der Waals surface area contributed by atoms with Crippen molar-refractivity contribution in [1.82, 2.24) is 0 Å². The van der Waals surface area contributed by atoms with Crippen molar-refractivity contribution < 1.29 is 19.1 Å². The highest BCUT2D eigenvalue weighted by Crippen LogP contribution is 2.40. The molecular formula is C25H38O4S10. The van der Waals surface area contributed by atoms with Gasteiger partial charge in [-0.3, -0.25) is 0 Å². The molecule has 0 aliphatic carbocycles. The third-order valence-corrected chi connectivity index (χ3v) is 20.7. The largest absolute Gasteiger partial charge is 0.457 e. The second-order valence-corrected chi connectivity index (χ2v) is 21.5. The van der Waals surface area contributed by atoms with Gasteiger partial charge in [0.2, 0.25) is 0 Å². The van der Waals surface area contributed by atoms with Crippen LogP contribution in [0.5, 0.6) is 0 Å². The lowest BCUT2D eigenvalue weighted by atomic mass is 10.3. The number of esters is 2. The number of thioether (sulfide) groups is 10. The average Bonchev–Trinajstić information content (AvgIpc) is 3.72. The third-order valence-electron chi connectivity index (χ3n) is 5.55. The van der Waals surface area contributed by atoms with Crippen molar-refractivity contribution in [2.75, 3.05) is 74.1 Å². The summed E-state index contributed by atoms with van der Waals surface area (Å²) in [6.45, 7) is 7.13. The van der Waals surface area contributed by atoms with Crippen LogP contribution in [0.1, 0.15) is 0 Å². The fourth-order valence-electron chi connectivity index (χ4n) is 3.63. The van der Waals surface area contributed by atoms with Gasteiger partial charge >= 0.3 is 11.9 Å². The molecule has 4 atom stereocenters. The van der Waals surface area contributed by atoms with Crippen LogP contribution in [0.3, 0.4) is 0 Å². The number of carbonyl (C=O) groups is 2. The van der Waals surface area contributed by atoms with E-state index >= 15 is 0 Å². The molecule has 3 rings (SSSR count). The van der Waals surface area contributed by atoms with Crippen molar-refractivity contribution >= 4 is 130 Å². The minimum atomic E-state index is -0.323. The van der Waals surface area contributed by atoms with Gasteiger partial charge in [0.1, 0.15) is 12.2 Å². The molecule has 0 spiro atoms. The smallest absolute Gasteiger partial charge is 0.330 e. The first-order chi connectivity index (χ1) is 19.1. The van der Waals surface area contributed by atoms with E-state index in [0.717, 1.165) is 51.1 Å². The standard InChI is InChI=1S/C25H38O4S10/c1-3-22(26)28-18(11-32-15-24-34-5-6-35-24)9-30-13-20-21(39-17-38-20)14-31-10-19(29-23(27)4-2)12-33-16-25-36-7-8-37-25/h3-4,18-21,24-25H,1-2,5-17H2. The van der Waals surface area contributed by atoms with Crippen LogP contribution in [0.25, 0.3) is 0 Å². The lowest BCUT2D eigenvalue weighted by Crippen LogP contribution is -2.27. The van der Waals surface area contributed by atoms with E-state index in [2.05, 4.69) is 13.2 Å². The summed E-state index contributed by atoms with van der Waals surface area (Å²) in [5.41, 5.74) is 0. The van der Waals surface area contributed by atoms with Crippen LogP contribution in [0, 0.1) is 0 Å². The molecule has 0 aromatic rings. The van der Waals surface area contributed by atoms with Gasteiger partial charge in [-0.1, -0.05) is 13.2 Å². The van der Waals surface area contributed by atoms with Gasteiger partial charge in [0.05, 0.1) is 9.16 Å². The predicted molar refractivity (Wildman–Crippen MR) is 194 cm³/mol. The topological polar surface area (TPSA) is 52.6 Å². The van der Waals surface area contributed by atoms with E-state index in [1.54, 1.807) is 0 Å². The molecule has 14 heteroatoms. The van der Waals surface area contributed by atoms with Crippen molar-refractivity contribution in [2.45, 2.75) is 31.9 Å². The Morgan fingerprint density at radius 1 is 0.641 bits per heavy atom. The van der Waals surface area contributed by atoms with E-state index in [1.807, 2.05) is 118 Å². The number of hydrogen-bond donors (Lipinski definition) is 0. The predicted octanol–water partition coefficient (Wildman–Crippen LogP) is 6.90. The Hall–Kier alpha value is 1.92. The summed E-state index contributed by atoms with van der Waals surface area (Å²) in [6, 6.07) is 0. The van der Waals surface area contributed by atoms with E-state index in [0.29, 0.717) is 19.7 Å². The van der Waals surface area contributed by atoms with Crippen LogP contribution in [0.2, 0.25) is 0 Å². The molecule has 0 saturated carbocycles. The van der Waals surface area contributed by atoms with E-state index in [1.165, 1.54) is 35.2 Å². The molecule has 3 heterocycles. The maximum absolute atomic E-state index is 11.9. The number of ether oxygens (including phenoxy) is 2. The highest BCUT2D eigenvalue weighted by Gasteiger charge is 2.30. The van der Waals surface area contributed by atoms with Gasteiger partial charge < -0.3 is 9.47 Å². The molecule has 3 fully saturated rings.